The van der Waals surface area contributed by atoms with E-state index in [9.17, 15) is 5.11 Å². The van der Waals surface area contributed by atoms with Crippen molar-refractivity contribution in [2.45, 2.75) is 44.6 Å². The predicted octanol–water partition coefficient (Wildman–Crippen LogP) is 2.67. The van der Waals surface area contributed by atoms with Crippen LogP contribution in [0.1, 0.15) is 39.0 Å². The molecule has 0 aromatic rings. The van der Waals surface area contributed by atoms with Crippen LogP contribution in [0.15, 0.2) is 0 Å². The summed E-state index contributed by atoms with van der Waals surface area (Å²) in [7, 11) is 0. The molecule has 1 rings (SSSR count). The Morgan fingerprint density at radius 1 is 1.58 bits per heavy atom. The summed E-state index contributed by atoms with van der Waals surface area (Å²) in [5, 5.41) is 10.1. The zero-order valence-corrected chi connectivity index (χ0v) is 9.02. The molecule has 0 aromatic heterocycles. The SMILES string of the molecule is CC[C@H]1CCCC[C@]1(O)C#CBr. The van der Waals surface area contributed by atoms with Crippen molar-refractivity contribution < 1.29 is 5.11 Å². The first-order valence-corrected chi connectivity index (χ1v) is 5.37. The molecule has 2 heteroatoms. The second-order valence-corrected chi connectivity index (χ2v) is 3.89. The summed E-state index contributed by atoms with van der Waals surface area (Å²) >= 11 is 3.06. The fourth-order valence-electron chi connectivity index (χ4n) is 2.02. The van der Waals surface area contributed by atoms with E-state index >= 15 is 0 Å². The van der Waals surface area contributed by atoms with Gasteiger partial charge in [-0.1, -0.05) is 19.3 Å². The fourth-order valence-corrected chi connectivity index (χ4v) is 2.36. The Labute approximate surface area is 82.7 Å². The minimum atomic E-state index is -0.712. The lowest BCUT2D eigenvalue weighted by Crippen LogP contribution is -2.38. The number of hydrogen-bond donors (Lipinski definition) is 1. The normalized spacial score (nSPS) is 35.4. The average Bonchev–Trinajstić information content (AvgIpc) is 2.05. The van der Waals surface area contributed by atoms with Gasteiger partial charge >= 0.3 is 0 Å². The van der Waals surface area contributed by atoms with E-state index in [1.807, 2.05) is 0 Å². The van der Waals surface area contributed by atoms with Crippen LogP contribution in [0.4, 0.5) is 0 Å². The summed E-state index contributed by atoms with van der Waals surface area (Å²) in [5.41, 5.74) is -0.712. The van der Waals surface area contributed by atoms with Crippen LogP contribution < -0.4 is 0 Å². The van der Waals surface area contributed by atoms with E-state index in [-0.39, 0.29) is 0 Å². The zero-order chi connectivity index (χ0) is 9.03. The molecular weight excluding hydrogens is 216 g/mol. The van der Waals surface area contributed by atoms with Crippen LogP contribution in [0, 0.1) is 16.7 Å². The lowest BCUT2D eigenvalue weighted by molar-refractivity contribution is 0.00281. The predicted molar refractivity (Wildman–Crippen MR) is 53.9 cm³/mol. The third-order valence-corrected chi connectivity index (χ3v) is 2.99. The van der Waals surface area contributed by atoms with Crippen LogP contribution >= 0.6 is 15.9 Å². The Morgan fingerprint density at radius 3 is 2.92 bits per heavy atom. The molecule has 12 heavy (non-hydrogen) atoms. The van der Waals surface area contributed by atoms with E-state index in [2.05, 4.69) is 33.6 Å². The molecule has 0 aliphatic heterocycles. The first-order valence-electron chi connectivity index (χ1n) is 4.58. The van der Waals surface area contributed by atoms with Crippen LogP contribution in [0.3, 0.4) is 0 Å². The third-order valence-electron chi connectivity index (χ3n) is 2.79. The Balaban J connectivity index is 2.73. The molecule has 0 unspecified atom stereocenters. The molecule has 0 aromatic carbocycles. The van der Waals surface area contributed by atoms with Gasteiger partial charge in [0.25, 0.3) is 0 Å². The summed E-state index contributed by atoms with van der Waals surface area (Å²) in [6.07, 6.45) is 5.33. The Hall–Kier alpha value is 0. The molecule has 1 saturated carbocycles. The van der Waals surface area contributed by atoms with E-state index in [1.54, 1.807) is 0 Å². The molecule has 1 aliphatic carbocycles. The standard InChI is InChI=1S/C10H15BrO/c1-2-9-5-3-4-6-10(9,12)7-8-11/h9,12H,2-6H2,1H3/t9-,10-/m0/s1. The number of halogens is 1. The number of hydrogen-bond acceptors (Lipinski definition) is 1. The molecule has 0 amide bonds. The van der Waals surface area contributed by atoms with Gasteiger partial charge in [0.05, 0.1) is 0 Å². The number of aliphatic hydroxyl groups is 1. The van der Waals surface area contributed by atoms with Crippen molar-refractivity contribution in [3.63, 3.8) is 0 Å². The third kappa shape index (κ3) is 2.02. The second-order valence-electron chi connectivity index (χ2n) is 3.49. The van der Waals surface area contributed by atoms with Crippen LogP contribution in [-0.4, -0.2) is 10.7 Å². The van der Waals surface area contributed by atoms with Crippen LogP contribution in [-0.2, 0) is 0 Å². The molecule has 1 aliphatic rings. The van der Waals surface area contributed by atoms with E-state index in [4.69, 9.17) is 0 Å². The molecular formula is C10H15BrO. The molecule has 0 radical (unpaired) electrons. The van der Waals surface area contributed by atoms with Crippen molar-refractivity contribution in [2.24, 2.45) is 5.92 Å². The van der Waals surface area contributed by atoms with Gasteiger partial charge < -0.3 is 5.11 Å². The first kappa shape index (κ1) is 10.1. The molecule has 1 N–H and O–H groups in total. The first-order chi connectivity index (χ1) is 5.73. The van der Waals surface area contributed by atoms with E-state index in [0.717, 1.165) is 25.7 Å². The average molecular weight is 231 g/mol. The summed E-state index contributed by atoms with van der Waals surface area (Å²) in [5.74, 6) is 3.26. The maximum absolute atomic E-state index is 10.1. The Bertz CT molecular complexity index is 204. The second kappa shape index (κ2) is 4.30. The van der Waals surface area contributed by atoms with Gasteiger partial charge in [-0.25, -0.2) is 0 Å². The van der Waals surface area contributed by atoms with Gasteiger partial charge in [0.1, 0.15) is 5.60 Å². The van der Waals surface area contributed by atoms with Crippen molar-refractivity contribution in [1.82, 2.24) is 0 Å². The van der Waals surface area contributed by atoms with Gasteiger partial charge in [-0.2, -0.15) is 0 Å². The van der Waals surface area contributed by atoms with Crippen LogP contribution in [0.25, 0.3) is 0 Å². The monoisotopic (exact) mass is 230 g/mol. The molecule has 0 spiro atoms. The summed E-state index contributed by atoms with van der Waals surface area (Å²) < 4.78 is 0. The minimum absolute atomic E-state index is 0.372. The van der Waals surface area contributed by atoms with Gasteiger partial charge in [-0.05, 0) is 36.4 Å². The summed E-state index contributed by atoms with van der Waals surface area (Å²) in [6, 6.07) is 0. The maximum atomic E-state index is 10.1. The zero-order valence-electron chi connectivity index (χ0n) is 7.44. The van der Waals surface area contributed by atoms with Gasteiger partial charge in [-0.15, -0.1) is 0 Å². The highest BCUT2D eigenvalue weighted by molar-refractivity contribution is 9.12. The molecule has 0 bridgehead atoms. The largest absolute Gasteiger partial charge is 0.377 e. The highest BCUT2D eigenvalue weighted by atomic mass is 79.9. The van der Waals surface area contributed by atoms with Gasteiger partial charge in [0.2, 0.25) is 0 Å². The highest BCUT2D eigenvalue weighted by Gasteiger charge is 2.35. The van der Waals surface area contributed by atoms with Gasteiger partial charge in [0, 0.05) is 15.9 Å². The topological polar surface area (TPSA) is 20.2 Å². The highest BCUT2D eigenvalue weighted by Crippen LogP contribution is 2.35. The smallest absolute Gasteiger partial charge is 0.129 e. The lowest BCUT2D eigenvalue weighted by Gasteiger charge is -2.35. The fraction of sp³-hybridized carbons (Fsp3) is 0.800. The molecule has 2 atom stereocenters. The minimum Gasteiger partial charge on any atom is -0.377 e. The van der Waals surface area contributed by atoms with Gasteiger partial charge in [0.15, 0.2) is 0 Å². The van der Waals surface area contributed by atoms with Crippen molar-refractivity contribution in [3.8, 4) is 10.8 Å². The van der Waals surface area contributed by atoms with E-state index in [1.165, 1.54) is 6.42 Å². The van der Waals surface area contributed by atoms with Crippen molar-refractivity contribution in [3.05, 3.63) is 0 Å². The molecule has 68 valence electrons. The number of rotatable bonds is 1. The van der Waals surface area contributed by atoms with Gasteiger partial charge in [-0.3, -0.25) is 0 Å². The van der Waals surface area contributed by atoms with E-state index < -0.39 is 5.60 Å². The van der Waals surface area contributed by atoms with E-state index in [0.29, 0.717) is 5.92 Å². The Morgan fingerprint density at radius 2 is 2.33 bits per heavy atom. The van der Waals surface area contributed by atoms with Crippen LogP contribution in [0.2, 0.25) is 0 Å². The van der Waals surface area contributed by atoms with Crippen molar-refractivity contribution >= 4 is 15.9 Å². The lowest BCUT2D eigenvalue weighted by atomic mass is 9.75. The molecule has 0 saturated heterocycles. The van der Waals surface area contributed by atoms with Crippen molar-refractivity contribution in [1.29, 1.82) is 0 Å². The quantitative estimate of drug-likeness (QED) is 0.688. The molecule has 1 nitrogen and oxygen atoms in total. The molecule has 1 fully saturated rings. The Kier molecular flexibility index (Phi) is 3.61. The van der Waals surface area contributed by atoms with Crippen molar-refractivity contribution in [2.75, 3.05) is 0 Å². The maximum Gasteiger partial charge on any atom is 0.129 e. The van der Waals surface area contributed by atoms with Crippen LogP contribution in [0.5, 0.6) is 0 Å². The summed E-state index contributed by atoms with van der Waals surface area (Å²) in [6.45, 7) is 2.12. The summed E-state index contributed by atoms with van der Waals surface area (Å²) in [4.78, 5) is 2.65. The molecule has 0 heterocycles.